The van der Waals surface area contributed by atoms with Crippen LogP contribution in [-0.2, 0) is 0 Å². The van der Waals surface area contributed by atoms with E-state index in [4.69, 9.17) is 16.0 Å². The summed E-state index contributed by atoms with van der Waals surface area (Å²) in [5, 5.41) is 8.09. The molecule has 1 atom stereocenters. The highest BCUT2D eigenvalue weighted by molar-refractivity contribution is 6.32. The van der Waals surface area contributed by atoms with E-state index in [1.807, 2.05) is 55.5 Å². The molecule has 4 rings (SSSR count). The molecule has 2 aromatic heterocycles. The fourth-order valence-electron chi connectivity index (χ4n) is 2.99. The van der Waals surface area contributed by atoms with Crippen molar-refractivity contribution >= 4 is 17.5 Å². The molecule has 0 spiro atoms. The lowest BCUT2D eigenvalue weighted by molar-refractivity contribution is 0.0932. The van der Waals surface area contributed by atoms with Crippen molar-refractivity contribution in [3.63, 3.8) is 0 Å². The first-order chi connectivity index (χ1) is 13.6. The topological polar surface area (TPSA) is 60.1 Å². The van der Waals surface area contributed by atoms with E-state index in [2.05, 4.69) is 10.4 Å². The highest BCUT2D eigenvalue weighted by atomic mass is 35.5. The van der Waals surface area contributed by atoms with Crippen molar-refractivity contribution in [2.45, 2.75) is 13.0 Å². The van der Waals surface area contributed by atoms with Gasteiger partial charge >= 0.3 is 0 Å². The average molecular weight is 392 g/mol. The number of carbonyl (C=O) groups excluding carboxylic acids is 1. The van der Waals surface area contributed by atoms with E-state index in [1.165, 1.54) is 0 Å². The Morgan fingerprint density at radius 2 is 1.82 bits per heavy atom. The predicted molar refractivity (Wildman–Crippen MR) is 109 cm³/mol. The van der Waals surface area contributed by atoms with Crippen LogP contribution in [0.5, 0.6) is 0 Å². The minimum atomic E-state index is -0.249. The molecule has 4 aromatic rings. The third-order valence-electron chi connectivity index (χ3n) is 4.44. The lowest BCUT2D eigenvalue weighted by atomic mass is 10.1. The molecular weight excluding hydrogens is 374 g/mol. The van der Waals surface area contributed by atoms with Crippen LogP contribution in [0.2, 0.25) is 5.02 Å². The van der Waals surface area contributed by atoms with Crippen LogP contribution < -0.4 is 5.32 Å². The van der Waals surface area contributed by atoms with Gasteiger partial charge in [-0.2, -0.15) is 5.10 Å². The fraction of sp³-hybridized carbons (Fsp3) is 0.0909. The number of furan rings is 1. The fourth-order valence-corrected chi connectivity index (χ4v) is 3.21. The Hall–Kier alpha value is -3.31. The van der Waals surface area contributed by atoms with E-state index in [0.717, 1.165) is 5.56 Å². The summed E-state index contributed by atoms with van der Waals surface area (Å²) < 4.78 is 6.99. The summed E-state index contributed by atoms with van der Waals surface area (Å²) in [5.41, 5.74) is 2.58. The minimum Gasteiger partial charge on any atom is -0.463 e. The van der Waals surface area contributed by atoms with Gasteiger partial charge < -0.3 is 9.73 Å². The van der Waals surface area contributed by atoms with Gasteiger partial charge in [0.05, 0.1) is 23.0 Å². The standard InChI is InChI=1S/C22H18ClN3O2/c1-15(16-8-3-2-4-9-16)24-22(27)20-14-18(21-12-7-13-28-21)25-26(20)19-11-6-5-10-17(19)23/h2-15H,1H3,(H,24,27)/t15-/m1/s1. The summed E-state index contributed by atoms with van der Waals surface area (Å²) in [6.07, 6.45) is 1.57. The zero-order valence-electron chi connectivity index (χ0n) is 15.2. The van der Waals surface area contributed by atoms with Crippen LogP contribution in [-0.4, -0.2) is 15.7 Å². The van der Waals surface area contributed by atoms with Crippen molar-refractivity contribution < 1.29 is 9.21 Å². The molecule has 0 aliphatic carbocycles. The van der Waals surface area contributed by atoms with Crippen molar-refractivity contribution in [3.8, 4) is 17.1 Å². The number of carbonyl (C=O) groups is 1. The van der Waals surface area contributed by atoms with Gasteiger partial charge in [0.2, 0.25) is 0 Å². The summed E-state index contributed by atoms with van der Waals surface area (Å²) >= 11 is 6.36. The summed E-state index contributed by atoms with van der Waals surface area (Å²) in [4.78, 5) is 13.1. The molecule has 2 aromatic carbocycles. The Labute approximate surface area is 167 Å². The van der Waals surface area contributed by atoms with E-state index in [0.29, 0.717) is 27.9 Å². The molecule has 0 aliphatic heterocycles. The maximum absolute atomic E-state index is 13.1. The second-order valence-corrected chi connectivity index (χ2v) is 6.77. The summed E-state index contributed by atoms with van der Waals surface area (Å²) in [6, 6.07) is 22.2. The van der Waals surface area contributed by atoms with E-state index in [1.54, 1.807) is 35.2 Å². The van der Waals surface area contributed by atoms with Crippen LogP contribution in [0.4, 0.5) is 0 Å². The number of aromatic nitrogens is 2. The van der Waals surface area contributed by atoms with Crippen LogP contribution in [0.15, 0.2) is 83.5 Å². The number of hydrogen-bond acceptors (Lipinski definition) is 3. The van der Waals surface area contributed by atoms with E-state index in [-0.39, 0.29) is 11.9 Å². The molecule has 0 saturated heterocycles. The third kappa shape index (κ3) is 3.57. The Kier molecular flexibility index (Phi) is 5.00. The molecule has 140 valence electrons. The van der Waals surface area contributed by atoms with Gasteiger partial charge in [-0.25, -0.2) is 4.68 Å². The first-order valence-corrected chi connectivity index (χ1v) is 9.26. The lowest BCUT2D eigenvalue weighted by Gasteiger charge is -2.15. The summed E-state index contributed by atoms with van der Waals surface area (Å²) in [5.74, 6) is 0.331. The monoisotopic (exact) mass is 391 g/mol. The normalized spacial score (nSPS) is 11.9. The molecule has 0 bridgehead atoms. The van der Waals surface area contributed by atoms with Crippen molar-refractivity contribution in [1.82, 2.24) is 15.1 Å². The molecule has 0 radical (unpaired) electrons. The molecule has 0 aliphatic rings. The molecule has 0 saturated carbocycles. The van der Waals surface area contributed by atoms with Gasteiger partial charge in [0.1, 0.15) is 11.4 Å². The second-order valence-electron chi connectivity index (χ2n) is 6.36. The number of para-hydroxylation sites is 1. The predicted octanol–water partition coefficient (Wildman–Crippen LogP) is 5.28. The highest BCUT2D eigenvalue weighted by Gasteiger charge is 2.21. The van der Waals surface area contributed by atoms with Crippen LogP contribution in [0, 0.1) is 0 Å². The molecule has 5 nitrogen and oxygen atoms in total. The van der Waals surface area contributed by atoms with Crippen LogP contribution >= 0.6 is 11.6 Å². The van der Waals surface area contributed by atoms with Gasteiger partial charge in [0.15, 0.2) is 5.76 Å². The quantitative estimate of drug-likeness (QED) is 0.503. The van der Waals surface area contributed by atoms with Crippen molar-refractivity contribution in [2.24, 2.45) is 0 Å². The highest BCUT2D eigenvalue weighted by Crippen LogP contribution is 2.26. The number of hydrogen-bond donors (Lipinski definition) is 1. The third-order valence-corrected chi connectivity index (χ3v) is 4.76. The maximum Gasteiger partial charge on any atom is 0.270 e. The number of nitrogens with one attached hydrogen (secondary N) is 1. The molecule has 1 amide bonds. The largest absolute Gasteiger partial charge is 0.463 e. The second kappa shape index (κ2) is 7.74. The van der Waals surface area contributed by atoms with E-state index in [9.17, 15) is 4.79 Å². The first kappa shape index (κ1) is 18.1. The van der Waals surface area contributed by atoms with Gasteiger partial charge in [-0.15, -0.1) is 0 Å². The van der Waals surface area contributed by atoms with Crippen LogP contribution in [0.25, 0.3) is 17.1 Å². The van der Waals surface area contributed by atoms with Crippen LogP contribution in [0.1, 0.15) is 29.0 Å². The lowest BCUT2D eigenvalue weighted by Crippen LogP contribution is -2.28. The molecule has 0 fully saturated rings. The molecule has 2 heterocycles. The molecule has 1 N–H and O–H groups in total. The molecule has 6 heteroatoms. The molecule has 0 unspecified atom stereocenters. The average Bonchev–Trinajstić information content (AvgIpc) is 3.39. The Morgan fingerprint density at radius 1 is 1.07 bits per heavy atom. The smallest absolute Gasteiger partial charge is 0.270 e. The first-order valence-electron chi connectivity index (χ1n) is 8.88. The Balaban J connectivity index is 1.72. The SMILES string of the molecule is C[C@@H](NC(=O)c1cc(-c2ccco2)nn1-c1ccccc1Cl)c1ccccc1. The number of amides is 1. The molecule has 28 heavy (non-hydrogen) atoms. The summed E-state index contributed by atoms with van der Waals surface area (Å²) in [7, 11) is 0. The van der Waals surface area contributed by atoms with Crippen molar-refractivity contribution in [1.29, 1.82) is 0 Å². The van der Waals surface area contributed by atoms with E-state index < -0.39 is 0 Å². The Morgan fingerprint density at radius 3 is 2.54 bits per heavy atom. The van der Waals surface area contributed by atoms with E-state index >= 15 is 0 Å². The van der Waals surface area contributed by atoms with Crippen molar-refractivity contribution in [2.75, 3.05) is 0 Å². The summed E-state index contributed by atoms with van der Waals surface area (Å²) in [6.45, 7) is 1.94. The zero-order chi connectivity index (χ0) is 19.5. The van der Waals surface area contributed by atoms with Gasteiger partial charge in [-0.1, -0.05) is 54.1 Å². The number of halogens is 1. The van der Waals surface area contributed by atoms with Crippen LogP contribution in [0.3, 0.4) is 0 Å². The maximum atomic E-state index is 13.1. The van der Waals surface area contributed by atoms with Gasteiger partial charge in [0, 0.05) is 6.07 Å². The van der Waals surface area contributed by atoms with Gasteiger partial charge in [-0.3, -0.25) is 4.79 Å². The van der Waals surface area contributed by atoms with Gasteiger partial charge in [0.25, 0.3) is 5.91 Å². The number of benzene rings is 2. The zero-order valence-corrected chi connectivity index (χ0v) is 15.9. The molecular formula is C22H18ClN3O2. The minimum absolute atomic E-state index is 0.157. The van der Waals surface area contributed by atoms with Gasteiger partial charge in [-0.05, 0) is 36.8 Å². The Bertz CT molecular complexity index is 1090. The van der Waals surface area contributed by atoms with Crippen molar-refractivity contribution in [3.05, 3.63) is 95.3 Å². The number of rotatable bonds is 5. The number of nitrogens with zero attached hydrogens (tertiary/aromatic N) is 2.